The summed E-state index contributed by atoms with van der Waals surface area (Å²) in [6, 6.07) is 34.2. The molecule has 0 aliphatic heterocycles. The minimum absolute atomic E-state index is 0.0714. The summed E-state index contributed by atoms with van der Waals surface area (Å²) in [5, 5.41) is 13.0. The third kappa shape index (κ3) is 4.86. The van der Waals surface area contributed by atoms with E-state index in [2.05, 4.69) is 29.6 Å². The first-order valence-electron chi connectivity index (χ1n) is 12.0. The fraction of sp³-hybridized carbons (Fsp3) is 0.161. The maximum atomic E-state index is 13.1. The summed E-state index contributed by atoms with van der Waals surface area (Å²) in [6.07, 6.45) is -0.357. The number of carbonyl (C=O) groups excluding carboxylic acids is 1. The van der Waals surface area contributed by atoms with E-state index in [1.54, 1.807) is 0 Å². The zero-order valence-corrected chi connectivity index (χ0v) is 19.7. The number of hydrogen-bond donors (Lipinski definition) is 2. The van der Waals surface area contributed by atoms with Crippen molar-refractivity contribution in [3.05, 3.63) is 131 Å². The number of hydrogen-bond acceptors (Lipinski definition) is 3. The maximum Gasteiger partial charge on any atom is 0.407 e. The van der Waals surface area contributed by atoms with Crippen LogP contribution in [0.2, 0.25) is 0 Å². The van der Waals surface area contributed by atoms with Gasteiger partial charge in [-0.3, -0.25) is 4.79 Å². The van der Waals surface area contributed by atoms with E-state index in [4.69, 9.17) is 4.74 Å². The van der Waals surface area contributed by atoms with Crippen molar-refractivity contribution in [1.82, 2.24) is 5.32 Å². The number of carboxylic acids is 1. The summed E-state index contributed by atoms with van der Waals surface area (Å²) < 4.78 is 5.73. The Bertz CT molecular complexity index is 1310. The Morgan fingerprint density at radius 1 is 0.750 bits per heavy atom. The van der Waals surface area contributed by atoms with Crippen LogP contribution >= 0.6 is 0 Å². The van der Waals surface area contributed by atoms with Crippen LogP contribution in [-0.4, -0.2) is 23.8 Å². The van der Waals surface area contributed by atoms with Gasteiger partial charge >= 0.3 is 12.1 Å². The SMILES string of the molecule is O=C(NC(c1ccccc1)C(Cc1ccccc1)C(=O)O)OCC1c2ccccc2-c2ccccc21. The molecule has 1 aliphatic carbocycles. The molecule has 0 saturated heterocycles. The first-order chi connectivity index (χ1) is 17.6. The minimum Gasteiger partial charge on any atom is -0.481 e. The molecule has 36 heavy (non-hydrogen) atoms. The minimum atomic E-state index is -0.980. The Hall–Kier alpha value is -4.38. The number of carbonyl (C=O) groups is 2. The second kappa shape index (κ2) is 10.5. The standard InChI is InChI=1S/C31H27NO4/c33-30(34)27(19-21-11-3-1-4-12-21)29(22-13-5-2-6-14-22)32-31(35)36-20-28-25-17-9-7-15-23(25)24-16-8-10-18-26(24)28/h1-18,27-29H,19-20H2,(H,32,35)(H,33,34). The molecule has 0 spiro atoms. The largest absolute Gasteiger partial charge is 0.481 e. The third-order valence-corrected chi connectivity index (χ3v) is 6.79. The number of carboxylic acid groups (broad SMARTS) is 1. The highest BCUT2D eigenvalue weighted by atomic mass is 16.5. The molecule has 1 aliphatic rings. The van der Waals surface area contributed by atoms with E-state index in [0.717, 1.165) is 27.8 Å². The highest BCUT2D eigenvalue weighted by Gasteiger charge is 2.33. The molecule has 4 aromatic carbocycles. The number of nitrogens with one attached hydrogen (secondary N) is 1. The Labute approximate surface area is 210 Å². The summed E-state index contributed by atoms with van der Waals surface area (Å²) in [6.45, 7) is 0.164. The average Bonchev–Trinajstić information content (AvgIpc) is 3.24. The first-order valence-corrected chi connectivity index (χ1v) is 12.0. The van der Waals surface area contributed by atoms with E-state index in [0.29, 0.717) is 5.56 Å². The van der Waals surface area contributed by atoms with E-state index < -0.39 is 24.0 Å². The molecule has 2 N–H and O–H groups in total. The molecule has 0 radical (unpaired) electrons. The van der Waals surface area contributed by atoms with Crippen molar-refractivity contribution in [2.45, 2.75) is 18.4 Å². The molecule has 0 fully saturated rings. The van der Waals surface area contributed by atoms with Gasteiger partial charge in [0.15, 0.2) is 0 Å². The molecular formula is C31H27NO4. The van der Waals surface area contributed by atoms with Gasteiger partial charge in [0.25, 0.3) is 0 Å². The number of aliphatic carboxylic acids is 1. The van der Waals surface area contributed by atoms with Crippen LogP contribution in [0, 0.1) is 5.92 Å². The van der Waals surface area contributed by atoms with Gasteiger partial charge in [-0.15, -0.1) is 0 Å². The molecule has 4 aromatic rings. The lowest BCUT2D eigenvalue weighted by Crippen LogP contribution is -2.38. The highest BCUT2D eigenvalue weighted by molar-refractivity contribution is 5.79. The molecule has 2 atom stereocenters. The summed E-state index contributed by atoms with van der Waals surface area (Å²) in [7, 11) is 0. The molecule has 5 heteroatoms. The lowest BCUT2D eigenvalue weighted by atomic mass is 9.87. The van der Waals surface area contributed by atoms with Gasteiger partial charge in [0.1, 0.15) is 6.61 Å². The fourth-order valence-electron chi connectivity index (χ4n) is 5.06. The van der Waals surface area contributed by atoms with E-state index in [9.17, 15) is 14.7 Å². The van der Waals surface area contributed by atoms with Gasteiger partial charge in [-0.25, -0.2) is 4.79 Å². The van der Waals surface area contributed by atoms with Crippen molar-refractivity contribution in [3.63, 3.8) is 0 Å². The molecule has 0 aromatic heterocycles. The molecule has 0 saturated carbocycles. The van der Waals surface area contributed by atoms with Crippen LogP contribution < -0.4 is 5.32 Å². The van der Waals surface area contributed by atoms with Crippen LogP contribution in [0.5, 0.6) is 0 Å². The predicted molar refractivity (Wildman–Crippen MR) is 139 cm³/mol. The average molecular weight is 478 g/mol. The van der Waals surface area contributed by atoms with Crippen molar-refractivity contribution in [3.8, 4) is 11.1 Å². The molecule has 180 valence electrons. The van der Waals surface area contributed by atoms with Gasteiger partial charge < -0.3 is 15.2 Å². The van der Waals surface area contributed by atoms with Gasteiger partial charge in [-0.2, -0.15) is 0 Å². The number of alkyl carbamates (subject to hydrolysis) is 1. The summed E-state index contributed by atoms with van der Waals surface area (Å²) in [5.41, 5.74) is 6.16. The number of amides is 1. The molecule has 0 bridgehead atoms. The Kier molecular flexibility index (Phi) is 6.80. The van der Waals surface area contributed by atoms with Gasteiger partial charge in [0.2, 0.25) is 0 Å². The van der Waals surface area contributed by atoms with Gasteiger partial charge in [-0.1, -0.05) is 109 Å². The predicted octanol–water partition coefficient (Wildman–Crippen LogP) is 6.21. The van der Waals surface area contributed by atoms with Crippen LogP contribution in [0.1, 0.15) is 34.2 Å². The zero-order valence-electron chi connectivity index (χ0n) is 19.7. The van der Waals surface area contributed by atoms with E-state index in [-0.39, 0.29) is 18.9 Å². The lowest BCUT2D eigenvalue weighted by molar-refractivity contribution is -0.142. The monoisotopic (exact) mass is 477 g/mol. The second-order valence-corrected chi connectivity index (χ2v) is 8.99. The van der Waals surface area contributed by atoms with Crippen LogP contribution in [0.4, 0.5) is 4.79 Å². The Balaban J connectivity index is 1.35. The molecule has 2 unspecified atom stereocenters. The molecule has 0 heterocycles. The van der Waals surface area contributed by atoms with Crippen LogP contribution in [0.3, 0.4) is 0 Å². The molecule has 5 rings (SSSR count). The van der Waals surface area contributed by atoms with Crippen LogP contribution in [0.15, 0.2) is 109 Å². The topological polar surface area (TPSA) is 75.6 Å². The molecule has 5 nitrogen and oxygen atoms in total. The number of fused-ring (bicyclic) bond motifs is 3. The zero-order chi connectivity index (χ0) is 24.9. The first kappa shape index (κ1) is 23.4. The fourth-order valence-corrected chi connectivity index (χ4v) is 5.06. The third-order valence-electron chi connectivity index (χ3n) is 6.79. The van der Waals surface area contributed by atoms with Crippen molar-refractivity contribution >= 4 is 12.1 Å². The second-order valence-electron chi connectivity index (χ2n) is 8.99. The van der Waals surface area contributed by atoms with Crippen molar-refractivity contribution in [2.24, 2.45) is 5.92 Å². The van der Waals surface area contributed by atoms with Crippen molar-refractivity contribution in [1.29, 1.82) is 0 Å². The molecule has 1 amide bonds. The van der Waals surface area contributed by atoms with E-state index >= 15 is 0 Å². The number of ether oxygens (including phenoxy) is 1. The van der Waals surface area contributed by atoms with Gasteiger partial charge in [0, 0.05) is 5.92 Å². The van der Waals surface area contributed by atoms with E-state index in [1.165, 1.54) is 0 Å². The van der Waals surface area contributed by atoms with Crippen LogP contribution in [0.25, 0.3) is 11.1 Å². The van der Waals surface area contributed by atoms with Crippen LogP contribution in [-0.2, 0) is 16.0 Å². The van der Waals surface area contributed by atoms with E-state index in [1.807, 2.05) is 84.9 Å². The Morgan fingerprint density at radius 3 is 1.86 bits per heavy atom. The number of benzene rings is 4. The number of rotatable bonds is 8. The quantitative estimate of drug-likeness (QED) is 0.316. The van der Waals surface area contributed by atoms with Gasteiger partial charge in [0.05, 0.1) is 12.0 Å². The van der Waals surface area contributed by atoms with Crippen molar-refractivity contribution < 1.29 is 19.4 Å². The van der Waals surface area contributed by atoms with Gasteiger partial charge in [-0.05, 0) is 39.8 Å². The highest BCUT2D eigenvalue weighted by Crippen LogP contribution is 2.44. The summed E-state index contributed by atoms with van der Waals surface area (Å²) >= 11 is 0. The van der Waals surface area contributed by atoms with Crippen molar-refractivity contribution in [2.75, 3.05) is 6.61 Å². The molecular weight excluding hydrogens is 450 g/mol. The normalized spacial score (nSPS) is 13.8. The summed E-state index contributed by atoms with van der Waals surface area (Å²) in [5.74, 6) is -1.92. The smallest absolute Gasteiger partial charge is 0.407 e. The maximum absolute atomic E-state index is 13.1. The summed E-state index contributed by atoms with van der Waals surface area (Å²) in [4.78, 5) is 25.4. The lowest BCUT2D eigenvalue weighted by Gasteiger charge is -2.26. The Morgan fingerprint density at radius 2 is 1.28 bits per heavy atom.